The molecule has 1 aliphatic rings. The van der Waals surface area contributed by atoms with Gasteiger partial charge in [0.15, 0.2) is 0 Å². The Morgan fingerprint density at radius 3 is 3.06 bits per heavy atom. The van der Waals surface area contributed by atoms with Gasteiger partial charge >= 0.3 is 0 Å². The molecule has 0 spiro atoms. The van der Waals surface area contributed by atoms with Crippen LogP contribution in [0.1, 0.15) is 5.56 Å². The quantitative estimate of drug-likeness (QED) is 0.786. The molecule has 0 saturated heterocycles. The van der Waals surface area contributed by atoms with Crippen molar-refractivity contribution in [2.75, 3.05) is 4.90 Å². The predicted molar refractivity (Wildman–Crippen MR) is 59.8 cm³/mol. The summed E-state index contributed by atoms with van der Waals surface area (Å²) in [6.07, 6.45) is 5.18. The maximum absolute atomic E-state index is 13.5. The molecular formula is C12H10FN3O. The first-order valence-corrected chi connectivity index (χ1v) is 5.29. The van der Waals surface area contributed by atoms with Crippen LogP contribution in [0, 0.1) is 5.82 Å². The fourth-order valence-electron chi connectivity index (χ4n) is 2.04. The zero-order valence-electron chi connectivity index (χ0n) is 9.01. The van der Waals surface area contributed by atoms with Gasteiger partial charge < -0.3 is 4.57 Å². The van der Waals surface area contributed by atoms with Gasteiger partial charge in [-0.25, -0.2) is 9.37 Å². The van der Waals surface area contributed by atoms with Crippen molar-refractivity contribution in [3.63, 3.8) is 0 Å². The zero-order chi connectivity index (χ0) is 11.8. The number of carbonyl (C=O) groups is 1. The summed E-state index contributed by atoms with van der Waals surface area (Å²) in [7, 11) is 0. The second-order valence-electron chi connectivity index (χ2n) is 3.95. The number of benzene rings is 1. The lowest BCUT2D eigenvalue weighted by atomic mass is 10.1. The van der Waals surface area contributed by atoms with Gasteiger partial charge in [0, 0.05) is 18.0 Å². The standard InChI is InChI=1S/C12H10FN3O/c13-10-2-1-3-11-9(10)6-12(17)16(11)8-15-5-4-14-7-15/h1-5,7H,6,8H2. The van der Waals surface area contributed by atoms with E-state index in [4.69, 9.17) is 0 Å². The van der Waals surface area contributed by atoms with Gasteiger partial charge in [0.05, 0.1) is 18.4 Å². The van der Waals surface area contributed by atoms with E-state index in [1.165, 1.54) is 6.07 Å². The number of nitrogens with zero attached hydrogens (tertiary/aromatic N) is 3. The molecule has 0 atom stereocenters. The molecule has 0 aliphatic carbocycles. The number of amides is 1. The number of imidazole rings is 1. The molecule has 0 unspecified atom stereocenters. The van der Waals surface area contributed by atoms with E-state index in [-0.39, 0.29) is 18.1 Å². The van der Waals surface area contributed by atoms with Gasteiger partial charge in [0.2, 0.25) is 5.91 Å². The van der Waals surface area contributed by atoms with E-state index in [2.05, 4.69) is 4.98 Å². The Morgan fingerprint density at radius 1 is 1.41 bits per heavy atom. The lowest BCUT2D eigenvalue weighted by Gasteiger charge is -2.17. The Hall–Kier alpha value is -2.17. The lowest BCUT2D eigenvalue weighted by Crippen LogP contribution is -2.28. The molecule has 1 aliphatic heterocycles. The second-order valence-corrected chi connectivity index (χ2v) is 3.95. The molecule has 2 aromatic rings. The summed E-state index contributed by atoms with van der Waals surface area (Å²) >= 11 is 0. The largest absolute Gasteiger partial charge is 0.319 e. The fourth-order valence-corrected chi connectivity index (χ4v) is 2.04. The molecule has 0 bridgehead atoms. The zero-order valence-corrected chi connectivity index (χ0v) is 9.01. The van der Waals surface area contributed by atoms with E-state index >= 15 is 0 Å². The monoisotopic (exact) mass is 231 g/mol. The predicted octanol–water partition coefficient (Wildman–Crippen LogP) is 1.57. The van der Waals surface area contributed by atoms with Crippen molar-refractivity contribution in [3.8, 4) is 0 Å². The molecule has 4 nitrogen and oxygen atoms in total. The molecule has 0 saturated carbocycles. The summed E-state index contributed by atoms with van der Waals surface area (Å²) in [5.41, 5.74) is 1.14. The Kier molecular flexibility index (Phi) is 2.18. The van der Waals surface area contributed by atoms with Crippen molar-refractivity contribution in [3.05, 3.63) is 48.3 Å². The third-order valence-electron chi connectivity index (χ3n) is 2.88. The highest BCUT2D eigenvalue weighted by atomic mass is 19.1. The summed E-state index contributed by atoms with van der Waals surface area (Å²) in [6.45, 7) is 0.370. The maximum Gasteiger partial charge on any atom is 0.233 e. The normalized spacial score (nSPS) is 14.2. The minimum absolute atomic E-state index is 0.0844. The van der Waals surface area contributed by atoms with Crippen LogP contribution in [-0.4, -0.2) is 15.5 Å². The fraction of sp³-hybridized carbons (Fsp3) is 0.167. The number of halogens is 1. The number of hydrogen-bond donors (Lipinski definition) is 0. The van der Waals surface area contributed by atoms with Gasteiger partial charge in [-0.1, -0.05) is 6.07 Å². The van der Waals surface area contributed by atoms with Crippen LogP contribution in [0.2, 0.25) is 0 Å². The molecule has 2 heterocycles. The topological polar surface area (TPSA) is 38.1 Å². The third-order valence-corrected chi connectivity index (χ3v) is 2.88. The van der Waals surface area contributed by atoms with Crippen LogP contribution in [0.3, 0.4) is 0 Å². The first-order chi connectivity index (χ1) is 8.25. The Balaban J connectivity index is 1.97. The van der Waals surface area contributed by atoms with E-state index in [0.717, 1.165) is 0 Å². The molecule has 3 rings (SSSR count). The molecule has 86 valence electrons. The average molecular weight is 231 g/mol. The van der Waals surface area contributed by atoms with Gasteiger partial charge in [0.25, 0.3) is 0 Å². The van der Waals surface area contributed by atoms with Gasteiger partial charge in [-0.05, 0) is 12.1 Å². The Bertz CT molecular complexity index is 565. The van der Waals surface area contributed by atoms with Crippen molar-refractivity contribution in [2.45, 2.75) is 13.1 Å². The minimum atomic E-state index is -0.316. The molecule has 1 aromatic carbocycles. The van der Waals surface area contributed by atoms with Gasteiger partial charge in [0.1, 0.15) is 12.5 Å². The summed E-state index contributed by atoms with van der Waals surface area (Å²) in [5.74, 6) is -0.400. The van der Waals surface area contributed by atoms with Crippen LogP contribution in [0.4, 0.5) is 10.1 Å². The van der Waals surface area contributed by atoms with Gasteiger partial charge in [-0.3, -0.25) is 9.69 Å². The summed E-state index contributed by atoms with van der Waals surface area (Å²) in [4.78, 5) is 17.3. The van der Waals surface area contributed by atoms with Crippen LogP contribution >= 0.6 is 0 Å². The number of fused-ring (bicyclic) bond motifs is 1. The van der Waals surface area contributed by atoms with Crippen molar-refractivity contribution < 1.29 is 9.18 Å². The molecular weight excluding hydrogens is 221 g/mol. The maximum atomic E-state index is 13.5. The third kappa shape index (κ3) is 1.60. The number of rotatable bonds is 2. The summed E-state index contributed by atoms with van der Waals surface area (Å²) < 4.78 is 15.3. The lowest BCUT2D eigenvalue weighted by molar-refractivity contribution is -0.117. The molecule has 5 heteroatoms. The number of aromatic nitrogens is 2. The summed E-state index contributed by atoms with van der Waals surface area (Å²) in [5, 5.41) is 0. The van der Waals surface area contributed by atoms with E-state index < -0.39 is 0 Å². The number of anilines is 1. The molecule has 0 fully saturated rings. The van der Waals surface area contributed by atoms with E-state index in [9.17, 15) is 9.18 Å². The van der Waals surface area contributed by atoms with E-state index in [1.807, 2.05) is 0 Å². The van der Waals surface area contributed by atoms with E-state index in [0.29, 0.717) is 17.9 Å². The molecule has 0 radical (unpaired) electrons. The SMILES string of the molecule is O=C1Cc2c(F)cccc2N1Cn1ccnc1. The van der Waals surface area contributed by atoms with Gasteiger partial charge in [-0.2, -0.15) is 0 Å². The van der Waals surface area contributed by atoms with Crippen molar-refractivity contribution in [1.29, 1.82) is 0 Å². The van der Waals surface area contributed by atoms with Crippen molar-refractivity contribution in [2.24, 2.45) is 0 Å². The Morgan fingerprint density at radius 2 is 2.29 bits per heavy atom. The van der Waals surface area contributed by atoms with Crippen molar-refractivity contribution in [1.82, 2.24) is 9.55 Å². The Labute approximate surface area is 97.3 Å². The highest BCUT2D eigenvalue weighted by molar-refractivity contribution is 6.00. The van der Waals surface area contributed by atoms with Crippen LogP contribution < -0.4 is 4.90 Å². The molecule has 0 N–H and O–H groups in total. The summed E-state index contributed by atoms with van der Waals surface area (Å²) in [6, 6.07) is 4.76. The minimum Gasteiger partial charge on any atom is -0.319 e. The first-order valence-electron chi connectivity index (χ1n) is 5.29. The number of carbonyl (C=O) groups excluding carboxylic acids is 1. The van der Waals surface area contributed by atoms with Crippen LogP contribution in [0.15, 0.2) is 36.9 Å². The molecule has 1 aromatic heterocycles. The van der Waals surface area contributed by atoms with Crippen LogP contribution in [-0.2, 0) is 17.9 Å². The number of hydrogen-bond acceptors (Lipinski definition) is 2. The second kappa shape index (κ2) is 3.69. The molecule has 1 amide bonds. The van der Waals surface area contributed by atoms with Gasteiger partial charge in [-0.15, -0.1) is 0 Å². The van der Waals surface area contributed by atoms with Crippen molar-refractivity contribution >= 4 is 11.6 Å². The first kappa shape index (κ1) is 10.0. The highest BCUT2D eigenvalue weighted by Crippen LogP contribution is 2.30. The van der Waals surface area contributed by atoms with Crippen LogP contribution in [0.5, 0.6) is 0 Å². The highest BCUT2D eigenvalue weighted by Gasteiger charge is 2.29. The average Bonchev–Trinajstić information content (AvgIpc) is 2.91. The van der Waals surface area contributed by atoms with Crippen LogP contribution in [0.25, 0.3) is 0 Å². The molecule has 17 heavy (non-hydrogen) atoms. The van der Waals surface area contributed by atoms with E-state index in [1.54, 1.807) is 40.3 Å². The smallest absolute Gasteiger partial charge is 0.233 e.